The van der Waals surface area contributed by atoms with Gasteiger partial charge in [-0.25, -0.2) is 4.98 Å². The number of hydrogen-bond acceptors (Lipinski definition) is 4. The monoisotopic (exact) mass is 272 g/mol. The van der Waals surface area contributed by atoms with Crippen molar-refractivity contribution in [2.75, 3.05) is 6.61 Å². The molecular weight excluding hydrogens is 252 g/mol. The third kappa shape index (κ3) is 3.78. The van der Waals surface area contributed by atoms with E-state index in [-0.39, 0.29) is 6.61 Å². The van der Waals surface area contributed by atoms with Crippen molar-refractivity contribution in [1.82, 2.24) is 9.97 Å². The fraction of sp³-hybridized carbons (Fsp3) is 0.375. The van der Waals surface area contributed by atoms with Gasteiger partial charge >= 0.3 is 6.01 Å². The van der Waals surface area contributed by atoms with E-state index in [4.69, 9.17) is 9.84 Å². The molecule has 1 aromatic carbocycles. The molecule has 0 spiro atoms. The maximum absolute atomic E-state index is 8.89. The van der Waals surface area contributed by atoms with Crippen LogP contribution >= 0.6 is 0 Å². The molecule has 1 N–H and O–H groups in total. The zero-order valence-corrected chi connectivity index (χ0v) is 12.1. The highest BCUT2D eigenvalue weighted by Gasteiger charge is 2.07. The number of hydrogen-bond donors (Lipinski definition) is 1. The lowest BCUT2D eigenvalue weighted by atomic mass is 10.1. The highest BCUT2D eigenvalue weighted by atomic mass is 16.5. The Morgan fingerprint density at radius 1 is 1.15 bits per heavy atom. The van der Waals surface area contributed by atoms with E-state index in [0.29, 0.717) is 24.1 Å². The van der Waals surface area contributed by atoms with Gasteiger partial charge in [0.05, 0.1) is 5.69 Å². The predicted octanol–water partition coefficient (Wildman–Crippen LogP) is 3.24. The highest BCUT2D eigenvalue weighted by molar-refractivity contribution is 5.30. The van der Waals surface area contributed by atoms with Crippen molar-refractivity contribution in [1.29, 1.82) is 0 Å². The molecular formula is C16H20N2O2. The molecule has 20 heavy (non-hydrogen) atoms. The number of aryl methyl sites for hydroxylation is 1. The van der Waals surface area contributed by atoms with Gasteiger partial charge in [-0.05, 0) is 43.0 Å². The van der Waals surface area contributed by atoms with Gasteiger partial charge in [0.25, 0.3) is 0 Å². The molecule has 1 aromatic heterocycles. The molecule has 1 heterocycles. The minimum absolute atomic E-state index is 0.152. The molecule has 0 saturated heterocycles. The van der Waals surface area contributed by atoms with E-state index in [1.165, 1.54) is 0 Å². The topological polar surface area (TPSA) is 55.2 Å². The van der Waals surface area contributed by atoms with Crippen molar-refractivity contribution in [2.24, 2.45) is 0 Å². The minimum Gasteiger partial charge on any atom is -0.424 e. The second kappa shape index (κ2) is 6.48. The fourth-order valence-corrected chi connectivity index (χ4v) is 1.86. The first-order valence-corrected chi connectivity index (χ1v) is 6.81. The van der Waals surface area contributed by atoms with Crippen LogP contribution in [0, 0.1) is 6.92 Å². The number of ether oxygens (including phenoxy) is 1. The Morgan fingerprint density at radius 3 is 2.45 bits per heavy atom. The van der Waals surface area contributed by atoms with Gasteiger partial charge in [-0.2, -0.15) is 4.98 Å². The first-order valence-electron chi connectivity index (χ1n) is 6.81. The lowest BCUT2D eigenvalue weighted by Gasteiger charge is -2.09. The van der Waals surface area contributed by atoms with E-state index in [1.54, 1.807) is 0 Å². The molecule has 0 aliphatic carbocycles. The van der Waals surface area contributed by atoms with Crippen LogP contribution in [0.4, 0.5) is 0 Å². The van der Waals surface area contributed by atoms with Crippen molar-refractivity contribution in [3.05, 3.63) is 47.3 Å². The summed E-state index contributed by atoms with van der Waals surface area (Å²) in [6, 6.07) is 9.96. The van der Waals surface area contributed by atoms with Crippen molar-refractivity contribution < 1.29 is 9.84 Å². The number of rotatable bonds is 5. The molecule has 4 nitrogen and oxygen atoms in total. The number of benzene rings is 1. The Balaban J connectivity index is 2.16. The second-order valence-corrected chi connectivity index (χ2v) is 5.09. The molecule has 0 amide bonds. The van der Waals surface area contributed by atoms with Crippen molar-refractivity contribution in [3.8, 4) is 11.8 Å². The fourth-order valence-electron chi connectivity index (χ4n) is 1.86. The number of aromatic nitrogens is 2. The Labute approximate surface area is 119 Å². The first kappa shape index (κ1) is 14.5. The van der Waals surface area contributed by atoms with E-state index < -0.39 is 0 Å². The molecule has 0 saturated carbocycles. The molecule has 0 unspecified atom stereocenters. The Kier molecular flexibility index (Phi) is 4.69. The third-order valence-electron chi connectivity index (χ3n) is 2.98. The minimum atomic E-state index is 0.152. The predicted molar refractivity (Wildman–Crippen MR) is 78.2 cm³/mol. The molecule has 0 atom stereocenters. The van der Waals surface area contributed by atoms with Crippen LogP contribution < -0.4 is 4.74 Å². The van der Waals surface area contributed by atoms with Crippen LogP contribution in [0.5, 0.6) is 11.8 Å². The van der Waals surface area contributed by atoms with Gasteiger partial charge in [-0.15, -0.1) is 0 Å². The largest absolute Gasteiger partial charge is 0.424 e. The van der Waals surface area contributed by atoms with Crippen LogP contribution in [-0.4, -0.2) is 21.7 Å². The van der Waals surface area contributed by atoms with Gasteiger partial charge in [0.1, 0.15) is 5.75 Å². The quantitative estimate of drug-likeness (QED) is 0.908. The second-order valence-electron chi connectivity index (χ2n) is 5.09. The first-order chi connectivity index (χ1) is 9.58. The SMILES string of the molecule is Cc1cc(C(C)C)nc(Oc2ccc(CCO)cc2)n1. The normalized spacial score (nSPS) is 10.8. The Hall–Kier alpha value is -1.94. The Bertz CT molecular complexity index is 565. The van der Waals surface area contributed by atoms with E-state index in [2.05, 4.69) is 23.8 Å². The standard InChI is InChI=1S/C16H20N2O2/c1-11(2)15-10-12(3)17-16(18-15)20-14-6-4-13(5-7-14)8-9-19/h4-7,10-11,19H,8-9H2,1-3H3. The van der Waals surface area contributed by atoms with E-state index in [9.17, 15) is 0 Å². The van der Waals surface area contributed by atoms with E-state index >= 15 is 0 Å². The molecule has 0 fully saturated rings. The number of aliphatic hydroxyl groups excluding tert-OH is 1. The van der Waals surface area contributed by atoms with Gasteiger partial charge in [-0.3, -0.25) is 0 Å². The summed E-state index contributed by atoms with van der Waals surface area (Å²) in [5.74, 6) is 1.04. The zero-order valence-electron chi connectivity index (χ0n) is 12.1. The van der Waals surface area contributed by atoms with Crippen molar-refractivity contribution >= 4 is 0 Å². The van der Waals surface area contributed by atoms with Gasteiger partial charge in [-0.1, -0.05) is 26.0 Å². The van der Waals surface area contributed by atoms with Crippen LogP contribution in [0.1, 0.15) is 36.7 Å². The summed E-state index contributed by atoms with van der Waals surface area (Å²) < 4.78 is 5.70. The van der Waals surface area contributed by atoms with Crippen LogP contribution in [-0.2, 0) is 6.42 Å². The van der Waals surface area contributed by atoms with Crippen LogP contribution in [0.15, 0.2) is 30.3 Å². The van der Waals surface area contributed by atoms with Crippen LogP contribution in [0.3, 0.4) is 0 Å². The van der Waals surface area contributed by atoms with Gasteiger partial charge in [0, 0.05) is 12.3 Å². The maximum Gasteiger partial charge on any atom is 0.322 e. The summed E-state index contributed by atoms with van der Waals surface area (Å²) in [6.07, 6.45) is 0.652. The molecule has 4 heteroatoms. The molecule has 0 bridgehead atoms. The molecule has 106 valence electrons. The molecule has 2 aromatic rings. The highest BCUT2D eigenvalue weighted by Crippen LogP contribution is 2.21. The number of aliphatic hydroxyl groups is 1. The third-order valence-corrected chi connectivity index (χ3v) is 2.98. The number of nitrogens with zero attached hydrogens (tertiary/aromatic N) is 2. The molecule has 0 aliphatic rings. The lowest BCUT2D eigenvalue weighted by Crippen LogP contribution is -2.00. The summed E-state index contributed by atoms with van der Waals surface area (Å²) in [6.45, 7) is 6.27. The summed E-state index contributed by atoms with van der Waals surface area (Å²) in [5, 5.41) is 8.89. The van der Waals surface area contributed by atoms with Gasteiger partial charge < -0.3 is 9.84 Å². The van der Waals surface area contributed by atoms with E-state index in [0.717, 1.165) is 17.0 Å². The molecule has 0 aliphatic heterocycles. The van der Waals surface area contributed by atoms with Gasteiger partial charge in [0.15, 0.2) is 0 Å². The summed E-state index contributed by atoms with van der Waals surface area (Å²) in [7, 11) is 0. The van der Waals surface area contributed by atoms with Crippen LogP contribution in [0.2, 0.25) is 0 Å². The molecule has 2 rings (SSSR count). The Morgan fingerprint density at radius 2 is 1.85 bits per heavy atom. The average Bonchev–Trinajstić information content (AvgIpc) is 2.40. The summed E-state index contributed by atoms with van der Waals surface area (Å²) in [4.78, 5) is 8.71. The lowest BCUT2D eigenvalue weighted by molar-refractivity contribution is 0.299. The van der Waals surface area contributed by atoms with Crippen LogP contribution in [0.25, 0.3) is 0 Å². The van der Waals surface area contributed by atoms with Crippen molar-refractivity contribution in [3.63, 3.8) is 0 Å². The van der Waals surface area contributed by atoms with E-state index in [1.807, 2.05) is 37.3 Å². The summed E-state index contributed by atoms with van der Waals surface area (Å²) in [5.41, 5.74) is 2.95. The van der Waals surface area contributed by atoms with Crippen molar-refractivity contribution in [2.45, 2.75) is 33.1 Å². The maximum atomic E-state index is 8.89. The summed E-state index contributed by atoms with van der Waals surface area (Å²) >= 11 is 0. The zero-order chi connectivity index (χ0) is 14.5. The smallest absolute Gasteiger partial charge is 0.322 e. The average molecular weight is 272 g/mol. The molecule has 0 radical (unpaired) electrons. The van der Waals surface area contributed by atoms with Gasteiger partial charge in [0.2, 0.25) is 0 Å².